The summed E-state index contributed by atoms with van der Waals surface area (Å²) in [6.07, 6.45) is 9.10. The van der Waals surface area contributed by atoms with Gasteiger partial charge in [-0.15, -0.1) is 0 Å². The maximum atomic E-state index is 5.77. The quantitative estimate of drug-likeness (QED) is 0.571. The van der Waals surface area contributed by atoms with Crippen molar-refractivity contribution in [2.45, 2.75) is 57.9 Å². The van der Waals surface area contributed by atoms with Gasteiger partial charge in [0.05, 0.1) is 0 Å². The highest BCUT2D eigenvalue weighted by atomic mass is 16.5. The zero-order chi connectivity index (χ0) is 11.4. The molecule has 3 N–H and O–H groups in total. The van der Waals surface area contributed by atoms with Crippen molar-refractivity contribution in [1.82, 2.24) is 5.43 Å². The fourth-order valence-corrected chi connectivity index (χ4v) is 3.40. The Morgan fingerprint density at radius 1 is 1.31 bits per heavy atom. The van der Waals surface area contributed by atoms with E-state index >= 15 is 0 Å². The molecule has 1 heterocycles. The third-order valence-electron chi connectivity index (χ3n) is 4.70. The van der Waals surface area contributed by atoms with Gasteiger partial charge in [-0.1, -0.05) is 19.8 Å². The van der Waals surface area contributed by atoms with E-state index in [1.165, 1.54) is 44.9 Å². The van der Waals surface area contributed by atoms with E-state index in [-0.39, 0.29) is 0 Å². The molecule has 0 aromatic heterocycles. The van der Waals surface area contributed by atoms with Crippen LogP contribution in [0.3, 0.4) is 0 Å². The van der Waals surface area contributed by atoms with Crippen LogP contribution in [0.4, 0.5) is 0 Å². The van der Waals surface area contributed by atoms with Crippen LogP contribution >= 0.6 is 0 Å². The van der Waals surface area contributed by atoms with Crippen molar-refractivity contribution in [1.29, 1.82) is 0 Å². The second kappa shape index (κ2) is 5.48. The predicted molar refractivity (Wildman–Crippen MR) is 65.8 cm³/mol. The van der Waals surface area contributed by atoms with Crippen molar-refractivity contribution in [3.05, 3.63) is 0 Å². The predicted octanol–water partition coefficient (Wildman–Crippen LogP) is 2.22. The number of hydrazine groups is 1. The molecule has 0 aromatic rings. The van der Waals surface area contributed by atoms with Gasteiger partial charge in [0.1, 0.15) is 0 Å². The van der Waals surface area contributed by atoms with E-state index in [2.05, 4.69) is 12.3 Å². The lowest BCUT2D eigenvalue weighted by Crippen LogP contribution is -2.47. The smallest absolute Gasteiger partial charge is 0.0468 e. The summed E-state index contributed by atoms with van der Waals surface area (Å²) < 4.78 is 5.41. The van der Waals surface area contributed by atoms with Crippen molar-refractivity contribution >= 4 is 0 Å². The molecular formula is C13H26N2O. The summed E-state index contributed by atoms with van der Waals surface area (Å²) in [5, 5.41) is 0. The lowest BCUT2D eigenvalue weighted by atomic mass is 9.76. The molecule has 1 aliphatic heterocycles. The third kappa shape index (κ3) is 2.76. The van der Waals surface area contributed by atoms with Crippen molar-refractivity contribution in [2.75, 3.05) is 13.2 Å². The van der Waals surface area contributed by atoms with Crippen molar-refractivity contribution in [2.24, 2.45) is 17.2 Å². The van der Waals surface area contributed by atoms with Gasteiger partial charge in [0.25, 0.3) is 0 Å². The van der Waals surface area contributed by atoms with Crippen LogP contribution in [0.25, 0.3) is 0 Å². The zero-order valence-electron chi connectivity index (χ0n) is 10.5. The molecule has 2 fully saturated rings. The van der Waals surface area contributed by atoms with E-state index in [1.54, 1.807) is 0 Å². The van der Waals surface area contributed by atoms with Crippen molar-refractivity contribution < 1.29 is 4.74 Å². The minimum atomic E-state index is 0.438. The summed E-state index contributed by atoms with van der Waals surface area (Å²) in [6.45, 7) is 4.29. The van der Waals surface area contributed by atoms with Crippen LogP contribution in [-0.4, -0.2) is 19.3 Å². The van der Waals surface area contributed by atoms with E-state index in [9.17, 15) is 0 Å². The molecule has 0 spiro atoms. The maximum absolute atomic E-state index is 5.77. The van der Waals surface area contributed by atoms with Gasteiger partial charge >= 0.3 is 0 Å². The third-order valence-corrected chi connectivity index (χ3v) is 4.70. The van der Waals surface area contributed by atoms with Crippen LogP contribution < -0.4 is 11.3 Å². The fourth-order valence-electron chi connectivity index (χ4n) is 3.40. The maximum Gasteiger partial charge on any atom is 0.0468 e. The van der Waals surface area contributed by atoms with Gasteiger partial charge in [-0.2, -0.15) is 0 Å². The summed E-state index contributed by atoms with van der Waals surface area (Å²) in [5.41, 5.74) is 3.53. The van der Waals surface area contributed by atoms with E-state index < -0.39 is 0 Å². The Kier molecular flexibility index (Phi) is 4.22. The summed E-state index contributed by atoms with van der Waals surface area (Å²) in [7, 11) is 0. The molecule has 1 aliphatic carbocycles. The molecule has 3 nitrogen and oxygen atoms in total. The van der Waals surface area contributed by atoms with Crippen LogP contribution in [0.2, 0.25) is 0 Å². The molecule has 3 heteroatoms. The molecule has 0 bridgehead atoms. The number of ether oxygens (including phenoxy) is 1. The lowest BCUT2D eigenvalue weighted by molar-refractivity contribution is 0.0523. The average molecular weight is 226 g/mol. The van der Waals surface area contributed by atoms with Gasteiger partial charge in [0.2, 0.25) is 0 Å². The molecule has 1 saturated carbocycles. The monoisotopic (exact) mass is 226 g/mol. The highest BCUT2D eigenvalue weighted by molar-refractivity contribution is 4.91. The first-order valence-corrected chi connectivity index (χ1v) is 6.78. The molecule has 1 saturated heterocycles. The second-order valence-electron chi connectivity index (χ2n) is 5.87. The summed E-state index contributed by atoms with van der Waals surface area (Å²) in [6, 6.07) is 0.498. The van der Waals surface area contributed by atoms with E-state index in [1.807, 2.05) is 0 Å². The van der Waals surface area contributed by atoms with Gasteiger partial charge in [0, 0.05) is 19.3 Å². The highest BCUT2D eigenvalue weighted by Gasteiger charge is 2.37. The van der Waals surface area contributed by atoms with Crippen LogP contribution in [0.15, 0.2) is 0 Å². The van der Waals surface area contributed by atoms with Crippen molar-refractivity contribution in [3.63, 3.8) is 0 Å². The van der Waals surface area contributed by atoms with Crippen LogP contribution in [-0.2, 0) is 4.74 Å². The summed E-state index contributed by atoms with van der Waals surface area (Å²) in [5.74, 6) is 6.59. The van der Waals surface area contributed by atoms with E-state index in [4.69, 9.17) is 10.6 Å². The number of nitrogens with two attached hydrogens (primary N) is 1. The number of hydrogen-bond donors (Lipinski definition) is 2. The fraction of sp³-hybridized carbons (Fsp3) is 1.00. The molecule has 1 atom stereocenters. The van der Waals surface area contributed by atoms with Crippen molar-refractivity contribution in [3.8, 4) is 0 Å². The first-order chi connectivity index (χ1) is 7.74. The summed E-state index contributed by atoms with van der Waals surface area (Å²) >= 11 is 0. The molecule has 94 valence electrons. The van der Waals surface area contributed by atoms with Gasteiger partial charge in [-0.3, -0.25) is 11.3 Å². The average Bonchev–Trinajstić information content (AvgIpc) is 2.75. The minimum Gasteiger partial charge on any atom is -0.381 e. The standard InChI is InChI=1S/C13H26N2O/c1-13(6-2-3-7-13)12(15-14)10-11-4-8-16-9-5-11/h11-12,15H,2-10,14H2,1H3. The molecule has 0 radical (unpaired) electrons. The largest absolute Gasteiger partial charge is 0.381 e. The summed E-state index contributed by atoms with van der Waals surface area (Å²) in [4.78, 5) is 0. The first-order valence-electron chi connectivity index (χ1n) is 6.78. The number of rotatable bonds is 4. The molecule has 2 aliphatic rings. The Hall–Kier alpha value is -0.120. The number of hydrogen-bond acceptors (Lipinski definition) is 3. The van der Waals surface area contributed by atoms with Crippen LogP contribution in [0.5, 0.6) is 0 Å². The van der Waals surface area contributed by atoms with Crippen LogP contribution in [0, 0.1) is 11.3 Å². The van der Waals surface area contributed by atoms with Gasteiger partial charge in [0.15, 0.2) is 0 Å². The molecule has 0 aromatic carbocycles. The Morgan fingerprint density at radius 3 is 2.50 bits per heavy atom. The van der Waals surface area contributed by atoms with Gasteiger partial charge in [-0.05, 0) is 43.4 Å². The molecule has 0 amide bonds. The molecule has 1 unspecified atom stereocenters. The minimum absolute atomic E-state index is 0.438. The Balaban J connectivity index is 1.88. The lowest BCUT2D eigenvalue weighted by Gasteiger charge is -2.37. The highest BCUT2D eigenvalue weighted by Crippen LogP contribution is 2.42. The molecular weight excluding hydrogens is 200 g/mol. The van der Waals surface area contributed by atoms with Crippen LogP contribution in [0.1, 0.15) is 51.9 Å². The Bertz CT molecular complexity index is 208. The normalized spacial score (nSPS) is 28.1. The zero-order valence-corrected chi connectivity index (χ0v) is 10.5. The SMILES string of the molecule is CC1(C(CC2CCOCC2)NN)CCCC1. The Labute approximate surface area is 99.1 Å². The van der Waals surface area contributed by atoms with Gasteiger partial charge in [-0.25, -0.2) is 0 Å². The topological polar surface area (TPSA) is 47.3 Å². The second-order valence-corrected chi connectivity index (χ2v) is 5.87. The Morgan fingerprint density at radius 2 is 1.94 bits per heavy atom. The van der Waals surface area contributed by atoms with E-state index in [0.717, 1.165) is 19.1 Å². The molecule has 2 rings (SSSR count). The molecule has 16 heavy (non-hydrogen) atoms. The number of nitrogens with one attached hydrogen (secondary N) is 1. The van der Waals surface area contributed by atoms with E-state index in [0.29, 0.717) is 11.5 Å². The first kappa shape index (κ1) is 12.3. The van der Waals surface area contributed by atoms with Gasteiger partial charge < -0.3 is 4.74 Å².